The molecule has 1 saturated heterocycles. The molecule has 0 unspecified atom stereocenters. The summed E-state index contributed by atoms with van der Waals surface area (Å²) >= 11 is 0. The highest BCUT2D eigenvalue weighted by Crippen LogP contribution is 2.43. The Morgan fingerprint density at radius 2 is 1.77 bits per heavy atom. The van der Waals surface area contributed by atoms with Crippen LogP contribution in [-0.4, -0.2) is 65.3 Å². The molecule has 0 spiro atoms. The molecule has 9 nitrogen and oxygen atoms in total. The molecule has 2 N–H and O–H groups in total. The Labute approximate surface area is 236 Å². The zero-order valence-electron chi connectivity index (χ0n) is 23.7. The van der Waals surface area contributed by atoms with E-state index in [1.807, 2.05) is 80.4 Å². The second-order valence-electron chi connectivity index (χ2n) is 11.3. The fourth-order valence-electron chi connectivity index (χ4n) is 4.93. The number of rotatable bonds is 11. The van der Waals surface area contributed by atoms with Crippen molar-refractivity contribution in [1.29, 1.82) is 0 Å². The maximum Gasteiger partial charge on any atom is 0.306 e. The summed E-state index contributed by atoms with van der Waals surface area (Å²) in [7, 11) is 0. The predicted octanol–water partition coefficient (Wildman–Crippen LogP) is 4.34. The highest BCUT2D eigenvalue weighted by molar-refractivity contribution is 6.01. The number of carbonyl (C=O) groups excluding carboxylic acids is 2. The van der Waals surface area contributed by atoms with Gasteiger partial charge in [-0.05, 0) is 69.9 Å². The van der Waals surface area contributed by atoms with E-state index < -0.39 is 23.2 Å². The van der Waals surface area contributed by atoms with Gasteiger partial charge < -0.3 is 19.3 Å². The van der Waals surface area contributed by atoms with Gasteiger partial charge in [-0.3, -0.25) is 15.0 Å². The van der Waals surface area contributed by atoms with Crippen molar-refractivity contribution in [3.05, 3.63) is 65.7 Å². The van der Waals surface area contributed by atoms with E-state index in [0.717, 1.165) is 37.9 Å². The first-order valence-electron chi connectivity index (χ1n) is 14.1. The number of nitrogens with zero attached hydrogens (tertiary/aromatic N) is 2. The number of aliphatic hydroxyl groups excluding tert-OH is 1. The van der Waals surface area contributed by atoms with E-state index in [-0.39, 0.29) is 25.4 Å². The number of amides is 1. The van der Waals surface area contributed by atoms with Crippen LogP contribution in [0.1, 0.15) is 76.5 Å². The third-order valence-electron chi connectivity index (χ3n) is 6.88. The Morgan fingerprint density at radius 1 is 1.07 bits per heavy atom. The van der Waals surface area contributed by atoms with Crippen molar-refractivity contribution in [1.82, 2.24) is 10.4 Å². The second kappa shape index (κ2) is 13.3. The van der Waals surface area contributed by atoms with Crippen LogP contribution in [0.3, 0.4) is 0 Å². The Kier molecular flexibility index (Phi) is 9.81. The van der Waals surface area contributed by atoms with E-state index in [1.165, 1.54) is 0 Å². The molecule has 216 valence electrons. The lowest BCUT2D eigenvalue weighted by molar-refractivity contribution is -0.155. The number of benzene rings is 2. The molecule has 0 aromatic heterocycles. The number of carbonyl (C=O) groups is 2. The monoisotopic (exact) mass is 551 g/mol. The van der Waals surface area contributed by atoms with Crippen LogP contribution in [-0.2, 0) is 19.1 Å². The fraction of sp³-hybridized carbons (Fsp3) is 0.516. The van der Waals surface area contributed by atoms with Gasteiger partial charge in [-0.25, -0.2) is 10.0 Å². The molecule has 0 radical (unpaired) electrons. The molecule has 2 atom stereocenters. The number of aliphatic imine (C=N–C) groups is 1. The Hall–Kier alpha value is -3.43. The summed E-state index contributed by atoms with van der Waals surface area (Å²) in [6.45, 7) is 7.47. The molecule has 2 aliphatic heterocycles. The zero-order valence-corrected chi connectivity index (χ0v) is 23.7. The summed E-state index contributed by atoms with van der Waals surface area (Å²) in [4.78, 5) is 32.0. The average Bonchev–Trinajstić information content (AvgIpc) is 3.34. The molecule has 2 heterocycles. The maximum atomic E-state index is 14.2. The molecule has 4 rings (SSSR count). The number of nitrogens with one attached hydrogen (secondary N) is 1. The van der Waals surface area contributed by atoms with Gasteiger partial charge in [0.1, 0.15) is 11.4 Å². The van der Waals surface area contributed by atoms with Gasteiger partial charge in [0.2, 0.25) is 5.90 Å². The Morgan fingerprint density at radius 3 is 2.42 bits per heavy atom. The predicted molar refractivity (Wildman–Crippen MR) is 152 cm³/mol. The first-order chi connectivity index (χ1) is 19.2. The first-order valence-corrected chi connectivity index (χ1v) is 14.1. The van der Waals surface area contributed by atoms with Crippen LogP contribution in [0.2, 0.25) is 0 Å². The largest absolute Gasteiger partial charge is 0.494 e. The smallest absolute Gasteiger partial charge is 0.306 e. The lowest BCUT2D eigenvalue weighted by Gasteiger charge is -2.34. The molecule has 1 fully saturated rings. The number of hydrogen-bond acceptors (Lipinski definition) is 8. The van der Waals surface area contributed by atoms with Crippen LogP contribution < -0.4 is 10.2 Å². The highest BCUT2D eigenvalue weighted by atomic mass is 16.6. The molecule has 0 bridgehead atoms. The lowest BCUT2D eigenvalue weighted by atomic mass is 9.83. The van der Waals surface area contributed by atoms with Crippen molar-refractivity contribution in [3.63, 3.8) is 0 Å². The van der Waals surface area contributed by atoms with Crippen LogP contribution in [0.5, 0.6) is 5.75 Å². The minimum Gasteiger partial charge on any atom is -0.494 e. The number of aliphatic hydroxyl groups is 1. The van der Waals surface area contributed by atoms with Gasteiger partial charge in [-0.2, -0.15) is 0 Å². The van der Waals surface area contributed by atoms with Gasteiger partial charge in [0.15, 0.2) is 11.6 Å². The Balaban J connectivity index is 1.68. The van der Waals surface area contributed by atoms with E-state index in [9.17, 15) is 9.59 Å². The van der Waals surface area contributed by atoms with Gasteiger partial charge in [-0.15, -0.1) is 0 Å². The van der Waals surface area contributed by atoms with Crippen molar-refractivity contribution in [2.45, 2.75) is 76.5 Å². The SMILES string of the molecule is CC(C)(C)OC(=O)CC[C@]1(C(=O)NN2CCCCC2)N=C(c2ccc(OCCCO)cc2)O[C@H]1c1ccccc1. The summed E-state index contributed by atoms with van der Waals surface area (Å²) in [5.74, 6) is 0.298. The van der Waals surface area contributed by atoms with E-state index in [1.54, 1.807) is 0 Å². The van der Waals surface area contributed by atoms with Crippen LogP contribution in [0.4, 0.5) is 0 Å². The summed E-state index contributed by atoms with van der Waals surface area (Å²) in [5.41, 5.74) is 2.56. The molecular formula is C31H41N3O6. The quantitative estimate of drug-likeness (QED) is 0.316. The van der Waals surface area contributed by atoms with E-state index in [0.29, 0.717) is 30.2 Å². The molecule has 2 aliphatic rings. The van der Waals surface area contributed by atoms with Gasteiger partial charge in [0.25, 0.3) is 5.91 Å². The average molecular weight is 552 g/mol. The molecule has 0 saturated carbocycles. The molecule has 1 amide bonds. The van der Waals surface area contributed by atoms with Crippen LogP contribution in [0.25, 0.3) is 0 Å². The van der Waals surface area contributed by atoms with Crippen molar-refractivity contribution >= 4 is 17.8 Å². The number of esters is 1. The topological polar surface area (TPSA) is 110 Å². The number of hydrogen-bond donors (Lipinski definition) is 2. The van der Waals surface area contributed by atoms with Crippen LogP contribution >= 0.6 is 0 Å². The Bertz CT molecular complexity index is 1160. The van der Waals surface area contributed by atoms with E-state index in [4.69, 9.17) is 24.3 Å². The zero-order chi connectivity index (χ0) is 28.6. The maximum absolute atomic E-state index is 14.2. The van der Waals surface area contributed by atoms with Gasteiger partial charge in [0, 0.05) is 38.1 Å². The van der Waals surface area contributed by atoms with Crippen LogP contribution in [0.15, 0.2) is 59.6 Å². The highest BCUT2D eigenvalue weighted by Gasteiger charge is 2.53. The first kappa shape index (κ1) is 29.6. The fourth-order valence-corrected chi connectivity index (χ4v) is 4.93. The van der Waals surface area contributed by atoms with Crippen molar-refractivity contribution in [2.75, 3.05) is 26.3 Å². The second-order valence-corrected chi connectivity index (χ2v) is 11.3. The number of piperidine rings is 1. The van der Waals surface area contributed by atoms with E-state index in [2.05, 4.69) is 5.43 Å². The standard InChI is InChI=1S/C31H41N3O6/c1-30(2,3)40-26(36)17-18-31(29(37)33-34-19-8-5-9-20-34)27(23-11-6-4-7-12-23)39-28(32-31)24-13-15-25(16-14-24)38-22-10-21-35/h4,6-7,11-16,27,35H,5,8-10,17-22H2,1-3H3,(H,33,37)/t27-,31-/m0/s1. The van der Waals surface area contributed by atoms with Crippen molar-refractivity contribution in [2.24, 2.45) is 4.99 Å². The normalized spacial score (nSPS) is 21.3. The third-order valence-corrected chi connectivity index (χ3v) is 6.88. The third kappa shape index (κ3) is 7.61. The summed E-state index contributed by atoms with van der Waals surface area (Å²) in [6, 6.07) is 16.8. The molecular weight excluding hydrogens is 510 g/mol. The number of hydrazine groups is 1. The van der Waals surface area contributed by atoms with Crippen LogP contribution in [0, 0.1) is 0 Å². The number of ether oxygens (including phenoxy) is 3. The molecule has 2 aromatic carbocycles. The summed E-state index contributed by atoms with van der Waals surface area (Å²) in [5, 5.41) is 10.9. The minimum atomic E-state index is -1.39. The van der Waals surface area contributed by atoms with Crippen molar-refractivity contribution in [3.8, 4) is 5.75 Å². The molecule has 2 aromatic rings. The van der Waals surface area contributed by atoms with Gasteiger partial charge in [-0.1, -0.05) is 36.8 Å². The van der Waals surface area contributed by atoms with E-state index >= 15 is 0 Å². The minimum absolute atomic E-state index is 0.00575. The summed E-state index contributed by atoms with van der Waals surface area (Å²) < 4.78 is 17.7. The molecule has 0 aliphatic carbocycles. The molecule has 9 heteroatoms. The van der Waals surface area contributed by atoms with Gasteiger partial charge >= 0.3 is 5.97 Å². The molecule has 40 heavy (non-hydrogen) atoms. The van der Waals surface area contributed by atoms with Gasteiger partial charge in [0.05, 0.1) is 6.61 Å². The lowest BCUT2D eigenvalue weighted by Crippen LogP contribution is -2.55. The van der Waals surface area contributed by atoms with Crippen molar-refractivity contribution < 1.29 is 28.9 Å². The summed E-state index contributed by atoms with van der Waals surface area (Å²) in [6.07, 6.45) is 3.07.